The maximum atomic E-state index is 11.8. The fourth-order valence-corrected chi connectivity index (χ4v) is 2.82. The lowest BCUT2D eigenvalue weighted by atomic mass is 10.1. The van der Waals surface area contributed by atoms with Gasteiger partial charge >= 0.3 is 11.9 Å². The summed E-state index contributed by atoms with van der Waals surface area (Å²) in [4.78, 5) is 34.7. The number of thioether (sulfide) groups is 1. The van der Waals surface area contributed by atoms with E-state index < -0.39 is 30.6 Å². The van der Waals surface area contributed by atoms with E-state index in [-0.39, 0.29) is 12.6 Å². The third kappa shape index (κ3) is 12.1. The SMILES string of the molecule is CCCCCCCC(=O)OCCSC[C@H](N)C(=O)N[C@@H](CO)C(=O)OC. The van der Waals surface area contributed by atoms with Gasteiger partial charge in [0.1, 0.15) is 6.61 Å². The molecule has 8 nitrogen and oxygen atoms in total. The standard InChI is InChI=1S/C17H32N2O6S/c1-3-4-5-6-7-8-15(21)25-9-10-26-12-13(18)16(22)19-14(11-20)17(23)24-2/h13-14,20H,3-12,18H2,1-2H3,(H,19,22)/t13-,14-/m0/s1. The van der Waals surface area contributed by atoms with Crippen molar-refractivity contribution in [1.82, 2.24) is 5.32 Å². The van der Waals surface area contributed by atoms with E-state index in [0.717, 1.165) is 19.3 Å². The minimum atomic E-state index is -1.12. The number of nitrogens with two attached hydrogens (primary N) is 1. The zero-order valence-corrected chi connectivity index (χ0v) is 16.5. The van der Waals surface area contributed by atoms with Gasteiger partial charge < -0.3 is 25.6 Å². The van der Waals surface area contributed by atoms with E-state index in [1.54, 1.807) is 0 Å². The second kappa shape index (κ2) is 15.9. The summed E-state index contributed by atoms with van der Waals surface area (Å²) in [5.74, 6) is -0.649. The number of carbonyl (C=O) groups excluding carboxylic acids is 3. The van der Waals surface area contributed by atoms with Crippen LogP contribution in [0.1, 0.15) is 45.4 Å². The summed E-state index contributed by atoms with van der Waals surface area (Å²) in [5, 5.41) is 11.4. The van der Waals surface area contributed by atoms with Gasteiger partial charge in [0, 0.05) is 17.9 Å². The van der Waals surface area contributed by atoms with Gasteiger partial charge in [-0.15, -0.1) is 0 Å². The summed E-state index contributed by atoms with van der Waals surface area (Å²) in [6.45, 7) is 1.85. The first-order valence-electron chi connectivity index (χ1n) is 8.94. The highest BCUT2D eigenvalue weighted by Crippen LogP contribution is 2.07. The molecule has 0 fully saturated rings. The number of unbranched alkanes of at least 4 members (excludes halogenated alkanes) is 4. The molecule has 26 heavy (non-hydrogen) atoms. The van der Waals surface area contributed by atoms with Crippen LogP contribution in [-0.4, -0.2) is 66.9 Å². The first kappa shape index (κ1) is 24.7. The molecule has 0 heterocycles. The smallest absolute Gasteiger partial charge is 0.330 e. The van der Waals surface area contributed by atoms with Gasteiger partial charge in [0.2, 0.25) is 5.91 Å². The zero-order valence-electron chi connectivity index (χ0n) is 15.7. The van der Waals surface area contributed by atoms with Crippen molar-refractivity contribution in [3.63, 3.8) is 0 Å². The van der Waals surface area contributed by atoms with Gasteiger partial charge in [-0.3, -0.25) is 9.59 Å². The molecule has 0 aromatic carbocycles. The van der Waals surface area contributed by atoms with Crippen LogP contribution < -0.4 is 11.1 Å². The van der Waals surface area contributed by atoms with Crippen molar-refractivity contribution < 1.29 is 29.0 Å². The van der Waals surface area contributed by atoms with Gasteiger partial charge in [-0.05, 0) is 6.42 Å². The number of hydrogen-bond donors (Lipinski definition) is 3. The number of amides is 1. The van der Waals surface area contributed by atoms with E-state index in [1.165, 1.54) is 31.7 Å². The number of carbonyl (C=O) groups is 3. The van der Waals surface area contributed by atoms with Crippen molar-refractivity contribution >= 4 is 29.6 Å². The maximum absolute atomic E-state index is 11.8. The van der Waals surface area contributed by atoms with Crippen LogP contribution in [0.25, 0.3) is 0 Å². The number of hydrogen-bond acceptors (Lipinski definition) is 8. The average Bonchev–Trinajstić information content (AvgIpc) is 2.64. The molecule has 1 amide bonds. The summed E-state index contributed by atoms with van der Waals surface area (Å²) in [7, 11) is 1.17. The van der Waals surface area contributed by atoms with Crippen molar-refractivity contribution in [2.75, 3.05) is 31.8 Å². The van der Waals surface area contributed by atoms with E-state index in [1.807, 2.05) is 0 Å². The molecule has 9 heteroatoms. The molecule has 0 aliphatic rings. The molecule has 0 radical (unpaired) electrons. The maximum Gasteiger partial charge on any atom is 0.330 e. The molecule has 2 atom stereocenters. The minimum Gasteiger partial charge on any atom is -0.467 e. The Labute approximate surface area is 159 Å². The lowest BCUT2D eigenvalue weighted by Gasteiger charge is -2.17. The highest BCUT2D eigenvalue weighted by atomic mass is 32.2. The van der Waals surface area contributed by atoms with Gasteiger partial charge in [0.25, 0.3) is 0 Å². The molecule has 0 saturated heterocycles. The summed E-state index contributed by atoms with van der Waals surface area (Å²) in [5.41, 5.74) is 5.74. The molecule has 0 aliphatic carbocycles. The summed E-state index contributed by atoms with van der Waals surface area (Å²) >= 11 is 1.37. The molecule has 4 N–H and O–H groups in total. The largest absolute Gasteiger partial charge is 0.467 e. The first-order chi connectivity index (χ1) is 12.5. The number of rotatable bonds is 15. The third-order valence-electron chi connectivity index (χ3n) is 3.59. The Morgan fingerprint density at radius 3 is 2.50 bits per heavy atom. The van der Waals surface area contributed by atoms with Crippen LogP contribution >= 0.6 is 11.8 Å². The Bertz CT molecular complexity index is 422. The van der Waals surface area contributed by atoms with Crippen LogP contribution in [0, 0.1) is 0 Å². The third-order valence-corrected chi connectivity index (χ3v) is 4.64. The van der Waals surface area contributed by atoms with Gasteiger partial charge in [-0.1, -0.05) is 32.6 Å². The predicted octanol–water partition coefficient (Wildman–Crippen LogP) is 0.601. The van der Waals surface area contributed by atoms with E-state index in [2.05, 4.69) is 17.0 Å². The van der Waals surface area contributed by atoms with Crippen LogP contribution in [0.5, 0.6) is 0 Å². The van der Waals surface area contributed by atoms with Crippen LogP contribution in [0.4, 0.5) is 0 Å². The minimum absolute atomic E-state index is 0.201. The van der Waals surface area contributed by atoms with Crippen LogP contribution in [0.2, 0.25) is 0 Å². The second-order valence-corrected chi connectivity index (χ2v) is 6.98. The van der Waals surface area contributed by atoms with E-state index in [0.29, 0.717) is 17.9 Å². The van der Waals surface area contributed by atoms with Crippen molar-refractivity contribution in [2.45, 2.75) is 57.5 Å². The highest BCUT2D eigenvalue weighted by molar-refractivity contribution is 7.99. The Morgan fingerprint density at radius 1 is 1.19 bits per heavy atom. The number of esters is 2. The topological polar surface area (TPSA) is 128 Å². The molecular formula is C17H32N2O6S. The predicted molar refractivity (Wildman–Crippen MR) is 101 cm³/mol. The van der Waals surface area contributed by atoms with Gasteiger partial charge in [0.15, 0.2) is 6.04 Å². The molecule has 0 aliphatic heterocycles. The van der Waals surface area contributed by atoms with Gasteiger partial charge in [0.05, 0.1) is 19.8 Å². The number of aliphatic hydroxyl groups excluding tert-OH is 1. The van der Waals surface area contributed by atoms with Crippen LogP contribution in [-0.2, 0) is 23.9 Å². The van der Waals surface area contributed by atoms with Crippen LogP contribution in [0.15, 0.2) is 0 Å². The number of ether oxygens (including phenoxy) is 2. The second-order valence-electron chi connectivity index (χ2n) is 5.83. The molecule has 152 valence electrons. The Kier molecular flexibility index (Phi) is 15.1. The Morgan fingerprint density at radius 2 is 1.88 bits per heavy atom. The molecule has 0 aromatic rings. The number of aliphatic hydroxyl groups is 1. The fraction of sp³-hybridized carbons (Fsp3) is 0.824. The number of methoxy groups -OCH3 is 1. The van der Waals surface area contributed by atoms with E-state index in [4.69, 9.17) is 15.6 Å². The molecule has 0 saturated carbocycles. The van der Waals surface area contributed by atoms with E-state index >= 15 is 0 Å². The monoisotopic (exact) mass is 392 g/mol. The van der Waals surface area contributed by atoms with Crippen molar-refractivity contribution in [3.8, 4) is 0 Å². The Balaban J connectivity index is 3.77. The molecule has 0 aromatic heterocycles. The molecule has 0 bridgehead atoms. The molecule has 0 spiro atoms. The van der Waals surface area contributed by atoms with Crippen molar-refractivity contribution in [2.24, 2.45) is 5.73 Å². The lowest BCUT2D eigenvalue weighted by molar-refractivity contribution is -0.146. The quantitative estimate of drug-likeness (QED) is 0.273. The summed E-state index contributed by atoms with van der Waals surface area (Å²) in [6, 6.07) is -1.96. The van der Waals surface area contributed by atoms with Crippen molar-refractivity contribution in [3.05, 3.63) is 0 Å². The van der Waals surface area contributed by atoms with E-state index in [9.17, 15) is 14.4 Å². The number of nitrogens with one attached hydrogen (secondary N) is 1. The first-order valence-corrected chi connectivity index (χ1v) is 10.1. The van der Waals surface area contributed by atoms with Gasteiger partial charge in [-0.25, -0.2) is 4.79 Å². The highest BCUT2D eigenvalue weighted by Gasteiger charge is 2.23. The average molecular weight is 393 g/mol. The van der Waals surface area contributed by atoms with Gasteiger partial charge in [-0.2, -0.15) is 11.8 Å². The van der Waals surface area contributed by atoms with Crippen molar-refractivity contribution in [1.29, 1.82) is 0 Å². The molecular weight excluding hydrogens is 360 g/mol. The molecule has 0 rings (SSSR count). The summed E-state index contributed by atoms with van der Waals surface area (Å²) in [6.07, 6.45) is 5.84. The molecule has 0 unspecified atom stereocenters. The normalized spacial score (nSPS) is 12.9. The van der Waals surface area contributed by atoms with Crippen LogP contribution in [0.3, 0.4) is 0 Å². The lowest BCUT2D eigenvalue weighted by Crippen LogP contribution is -2.51. The zero-order chi connectivity index (χ0) is 19.8. The fourth-order valence-electron chi connectivity index (χ4n) is 2.05. The summed E-state index contributed by atoms with van der Waals surface area (Å²) < 4.78 is 9.58. The Hall–Kier alpha value is -1.32.